The molecule has 0 unspecified atom stereocenters. The summed E-state index contributed by atoms with van der Waals surface area (Å²) in [4.78, 5) is 0.145. The van der Waals surface area contributed by atoms with E-state index >= 15 is 0 Å². The summed E-state index contributed by atoms with van der Waals surface area (Å²) in [5, 5.41) is 9.59. The topological polar surface area (TPSA) is 66.4 Å². The fraction of sp³-hybridized carbons (Fsp3) is 0.200. The average molecular weight is 307 g/mol. The third kappa shape index (κ3) is 2.71. The zero-order chi connectivity index (χ0) is 15.0. The van der Waals surface area contributed by atoms with Crippen LogP contribution in [0.5, 0.6) is 5.75 Å². The number of benzene rings is 2. The zero-order valence-corrected chi connectivity index (χ0v) is 12.0. The van der Waals surface area contributed by atoms with Crippen molar-refractivity contribution < 1.29 is 17.9 Å². The van der Waals surface area contributed by atoms with Gasteiger partial charge in [-0.1, -0.05) is 6.07 Å². The highest BCUT2D eigenvalue weighted by Gasteiger charge is 2.19. The van der Waals surface area contributed by atoms with E-state index in [4.69, 9.17) is 0 Å². The highest BCUT2D eigenvalue weighted by Crippen LogP contribution is 2.28. The summed E-state index contributed by atoms with van der Waals surface area (Å²) >= 11 is 0. The van der Waals surface area contributed by atoms with E-state index in [1.165, 1.54) is 11.6 Å². The van der Waals surface area contributed by atoms with Crippen LogP contribution >= 0.6 is 0 Å². The lowest BCUT2D eigenvalue weighted by atomic mass is 10.1. The quantitative estimate of drug-likeness (QED) is 0.857. The lowest BCUT2D eigenvalue weighted by Gasteiger charge is -2.11. The molecule has 110 valence electrons. The molecule has 0 bridgehead atoms. The van der Waals surface area contributed by atoms with E-state index in [-0.39, 0.29) is 10.6 Å². The molecule has 0 saturated carbocycles. The number of halogens is 1. The Morgan fingerprint density at radius 1 is 1.05 bits per heavy atom. The van der Waals surface area contributed by atoms with Crippen LogP contribution < -0.4 is 4.72 Å². The van der Waals surface area contributed by atoms with E-state index in [0.29, 0.717) is 0 Å². The van der Waals surface area contributed by atoms with Gasteiger partial charge in [0.25, 0.3) is 10.0 Å². The number of phenols is 1. The van der Waals surface area contributed by atoms with Gasteiger partial charge in [-0.05, 0) is 54.7 Å². The van der Waals surface area contributed by atoms with Gasteiger partial charge in [0.2, 0.25) is 0 Å². The molecule has 0 atom stereocenters. The number of aromatic hydroxyl groups is 1. The van der Waals surface area contributed by atoms with E-state index in [1.807, 2.05) is 6.07 Å². The minimum atomic E-state index is -3.80. The number of fused-ring (bicyclic) bond motifs is 1. The Bertz CT molecular complexity index is 803. The first kappa shape index (κ1) is 13.9. The van der Waals surface area contributed by atoms with Crippen molar-refractivity contribution in [1.82, 2.24) is 0 Å². The van der Waals surface area contributed by atoms with Crippen LogP contribution in [0.1, 0.15) is 17.5 Å². The van der Waals surface area contributed by atoms with Crippen LogP contribution in [0.15, 0.2) is 41.3 Å². The molecule has 21 heavy (non-hydrogen) atoms. The van der Waals surface area contributed by atoms with Gasteiger partial charge in [0.1, 0.15) is 11.6 Å². The number of hydrogen-bond acceptors (Lipinski definition) is 3. The fourth-order valence-corrected chi connectivity index (χ4v) is 3.63. The summed E-state index contributed by atoms with van der Waals surface area (Å²) in [6.07, 6.45) is 2.88. The van der Waals surface area contributed by atoms with Crippen molar-refractivity contribution in [2.45, 2.75) is 24.2 Å². The molecule has 2 aromatic carbocycles. The van der Waals surface area contributed by atoms with Crippen molar-refractivity contribution in [2.75, 3.05) is 4.72 Å². The van der Waals surface area contributed by atoms with Crippen LogP contribution in [-0.4, -0.2) is 13.5 Å². The Balaban J connectivity index is 1.93. The molecule has 0 aromatic heterocycles. The van der Waals surface area contributed by atoms with E-state index < -0.39 is 21.6 Å². The normalized spacial score (nSPS) is 14.0. The molecule has 1 aliphatic carbocycles. The van der Waals surface area contributed by atoms with Crippen LogP contribution in [0.2, 0.25) is 0 Å². The highest BCUT2D eigenvalue weighted by atomic mass is 32.2. The summed E-state index contributed by atoms with van der Waals surface area (Å²) in [5.74, 6) is -1.08. The Morgan fingerprint density at radius 2 is 1.81 bits per heavy atom. The first-order valence-corrected chi connectivity index (χ1v) is 8.07. The third-order valence-corrected chi connectivity index (χ3v) is 4.95. The zero-order valence-electron chi connectivity index (χ0n) is 11.1. The summed E-state index contributed by atoms with van der Waals surface area (Å²) in [6, 6.07) is 8.16. The largest absolute Gasteiger partial charge is 0.506 e. The predicted molar refractivity (Wildman–Crippen MR) is 77.3 cm³/mol. The number of sulfonamides is 1. The Labute approximate surface area is 122 Å². The molecule has 0 amide bonds. The van der Waals surface area contributed by atoms with Crippen molar-refractivity contribution in [3.63, 3.8) is 0 Å². The minimum Gasteiger partial charge on any atom is -0.506 e. The molecule has 0 heterocycles. The Morgan fingerprint density at radius 3 is 2.57 bits per heavy atom. The summed E-state index contributed by atoms with van der Waals surface area (Å²) < 4.78 is 39.8. The van der Waals surface area contributed by atoms with Gasteiger partial charge in [-0.25, -0.2) is 12.8 Å². The Hall–Kier alpha value is -2.08. The van der Waals surface area contributed by atoms with Gasteiger partial charge >= 0.3 is 0 Å². The first-order chi connectivity index (χ1) is 9.95. The van der Waals surface area contributed by atoms with Gasteiger partial charge in [-0.3, -0.25) is 4.72 Å². The van der Waals surface area contributed by atoms with Gasteiger partial charge in [0, 0.05) is 6.07 Å². The summed E-state index contributed by atoms with van der Waals surface area (Å²) in [5.41, 5.74) is 2.18. The Kier molecular flexibility index (Phi) is 3.33. The van der Waals surface area contributed by atoms with Gasteiger partial charge in [-0.15, -0.1) is 0 Å². The fourth-order valence-electron chi connectivity index (χ4n) is 2.51. The average Bonchev–Trinajstić information content (AvgIpc) is 2.89. The van der Waals surface area contributed by atoms with Crippen molar-refractivity contribution in [1.29, 1.82) is 0 Å². The molecule has 3 rings (SSSR count). The second-order valence-corrected chi connectivity index (χ2v) is 6.73. The SMILES string of the molecule is O=S(=O)(Nc1ccc(F)cc1O)c1ccc2c(c1)CCC2. The van der Waals surface area contributed by atoms with Crippen LogP contribution in [0, 0.1) is 5.82 Å². The van der Waals surface area contributed by atoms with Gasteiger partial charge in [0.05, 0.1) is 10.6 Å². The van der Waals surface area contributed by atoms with Crippen molar-refractivity contribution in [3.8, 4) is 5.75 Å². The van der Waals surface area contributed by atoms with Crippen LogP contribution in [0.3, 0.4) is 0 Å². The molecule has 2 N–H and O–H groups in total. The monoisotopic (exact) mass is 307 g/mol. The van der Waals surface area contributed by atoms with Crippen molar-refractivity contribution in [2.24, 2.45) is 0 Å². The van der Waals surface area contributed by atoms with E-state index in [9.17, 15) is 17.9 Å². The number of phenolic OH excluding ortho intramolecular Hbond substituents is 1. The van der Waals surface area contributed by atoms with Gasteiger partial charge in [0.15, 0.2) is 0 Å². The molecule has 0 aliphatic heterocycles. The highest BCUT2D eigenvalue weighted by molar-refractivity contribution is 7.92. The second-order valence-electron chi connectivity index (χ2n) is 5.05. The van der Waals surface area contributed by atoms with Gasteiger partial charge < -0.3 is 5.11 Å². The lowest BCUT2D eigenvalue weighted by molar-refractivity contribution is 0.471. The standard InChI is InChI=1S/C15H14FNO3S/c16-12-5-7-14(15(18)9-12)17-21(19,20)13-6-4-10-2-1-3-11(10)8-13/h4-9,17-18H,1-3H2. The molecule has 6 heteroatoms. The number of aryl methyl sites for hydroxylation is 2. The van der Waals surface area contributed by atoms with E-state index in [1.54, 1.807) is 12.1 Å². The van der Waals surface area contributed by atoms with Crippen molar-refractivity contribution in [3.05, 3.63) is 53.3 Å². The molecule has 0 radical (unpaired) electrons. The lowest BCUT2D eigenvalue weighted by Crippen LogP contribution is -2.13. The van der Waals surface area contributed by atoms with Crippen LogP contribution in [-0.2, 0) is 22.9 Å². The van der Waals surface area contributed by atoms with Gasteiger partial charge in [-0.2, -0.15) is 0 Å². The predicted octanol–water partition coefficient (Wildman–Crippen LogP) is 2.82. The number of hydrogen-bond donors (Lipinski definition) is 2. The molecule has 1 aliphatic rings. The van der Waals surface area contributed by atoms with Crippen LogP contribution in [0.4, 0.5) is 10.1 Å². The molecule has 0 spiro atoms. The molecule has 2 aromatic rings. The van der Waals surface area contributed by atoms with E-state index in [2.05, 4.69) is 4.72 Å². The van der Waals surface area contributed by atoms with Crippen LogP contribution in [0.25, 0.3) is 0 Å². The maximum absolute atomic E-state index is 12.9. The van der Waals surface area contributed by atoms with E-state index in [0.717, 1.165) is 37.0 Å². The molecule has 0 fully saturated rings. The smallest absolute Gasteiger partial charge is 0.262 e. The molecular formula is C15H14FNO3S. The minimum absolute atomic E-state index is 0.0445. The van der Waals surface area contributed by atoms with Crippen molar-refractivity contribution >= 4 is 15.7 Å². The number of rotatable bonds is 3. The number of anilines is 1. The molecular weight excluding hydrogens is 293 g/mol. The molecule has 0 saturated heterocycles. The second kappa shape index (κ2) is 5.04. The number of nitrogens with one attached hydrogen (secondary N) is 1. The first-order valence-electron chi connectivity index (χ1n) is 6.59. The molecule has 4 nitrogen and oxygen atoms in total. The third-order valence-electron chi connectivity index (χ3n) is 3.58. The summed E-state index contributed by atoms with van der Waals surface area (Å²) in [6.45, 7) is 0. The maximum Gasteiger partial charge on any atom is 0.262 e. The summed E-state index contributed by atoms with van der Waals surface area (Å²) in [7, 11) is -3.80. The maximum atomic E-state index is 12.9.